The van der Waals surface area contributed by atoms with Crippen LogP contribution < -0.4 is 0 Å². The van der Waals surface area contributed by atoms with Gasteiger partial charge in [0.05, 0.1) is 57.6 Å². The summed E-state index contributed by atoms with van der Waals surface area (Å²) in [5.41, 5.74) is -0.489. The Morgan fingerprint density at radius 2 is 1.32 bits per heavy atom. The van der Waals surface area contributed by atoms with Crippen LogP contribution in [-0.4, -0.2) is 66.2 Å². The van der Waals surface area contributed by atoms with Crippen LogP contribution in [0.5, 0.6) is 0 Å². The SMILES string of the molecule is CC(C)(C)OC(=O)CCOCCOCCOCCOS(=O)(=O)c1ccccc1. The second-order valence-electron chi connectivity index (χ2n) is 6.76. The van der Waals surface area contributed by atoms with Gasteiger partial charge in [0.25, 0.3) is 10.1 Å². The van der Waals surface area contributed by atoms with Crippen molar-refractivity contribution in [3.05, 3.63) is 30.3 Å². The first kappa shape index (κ1) is 24.5. The van der Waals surface area contributed by atoms with E-state index in [0.29, 0.717) is 26.4 Å². The van der Waals surface area contributed by atoms with E-state index in [1.54, 1.807) is 18.2 Å². The van der Waals surface area contributed by atoms with Gasteiger partial charge in [0.1, 0.15) is 5.60 Å². The third-order valence-electron chi connectivity index (χ3n) is 3.11. The maximum atomic E-state index is 11.9. The fourth-order valence-electron chi connectivity index (χ4n) is 1.95. The number of rotatable bonds is 14. The van der Waals surface area contributed by atoms with Crippen LogP contribution in [0.2, 0.25) is 0 Å². The first-order valence-corrected chi connectivity index (χ1v) is 10.5. The molecule has 160 valence electrons. The highest BCUT2D eigenvalue weighted by Crippen LogP contribution is 2.10. The van der Waals surface area contributed by atoms with E-state index in [1.807, 2.05) is 20.8 Å². The first-order chi connectivity index (χ1) is 13.2. The quantitative estimate of drug-likeness (QED) is 0.258. The Bertz CT molecular complexity index is 652. The topological polar surface area (TPSA) is 97.4 Å². The van der Waals surface area contributed by atoms with Gasteiger partial charge in [-0.15, -0.1) is 0 Å². The van der Waals surface area contributed by atoms with Crippen molar-refractivity contribution < 1.29 is 36.3 Å². The number of benzene rings is 1. The van der Waals surface area contributed by atoms with Crippen molar-refractivity contribution in [1.82, 2.24) is 0 Å². The zero-order valence-corrected chi connectivity index (χ0v) is 17.5. The standard InChI is InChI=1S/C19H30O8S/c1-19(2,3)27-18(20)9-10-23-11-12-24-13-14-25-15-16-26-28(21,22)17-7-5-4-6-8-17/h4-8H,9-16H2,1-3H3. The average molecular weight is 419 g/mol. The van der Waals surface area contributed by atoms with Crippen molar-refractivity contribution in [2.24, 2.45) is 0 Å². The first-order valence-electron chi connectivity index (χ1n) is 9.10. The Morgan fingerprint density at radius 1 is 0.821 bits per heavy atom. The van der Waals surface area contributed by atoms with Crippen LogP contribution >= 0.6 is 0 Å². The molecular weight excluding hydrogens is 388 g/mol. The van der Waals surface area contributed by atoms with E-state index in [2.05, 4.69) is 0 Å². The molecule has 0 heterocycles. The van der Waals surface area contributed by atoms with Crippen molar-refractivity contribution in [1.29, 1.82) is 0 Å². The summed E-state index contributed by atoms with van der Waals surface area (Å²) in [7, 11) is -3.75. The van der Waals surface area contributed by atoms with Crippen LogP contribution in [-0.2, 0) is 38.0 Å². The van der Waals surface area contributed by atoms with Crippen LogP contribution in [0.15, 0.2) is 35.2 Å². The van der Waals surface area contributed by atoms with E-state index >= 15 is 0 Å². The summed E-state index contributed by atoms with van der Waals surface area (Å²) >= 11 is 0. The molecule has 0 aromatic heterocycles. The highest BCUT2D eigenvalue weighted by atomic mass is 32.2. The van der Waals surface area contributed by atoms with Crippen LogP contribution in [0, 0.1) is 0 Å². The van der Waals surface area contributed by atoms with Gasteiger partial charge in [0.15, 0.2) is 0 Å². The molecule has 0 radical (unpaired) electrons. The molecule has 0 unspecified atom stereocenters. The number of hydrogen-bond donors (Lipinski definition) is 0. The van der Waals surface area contributed by atoms with Crippen molar-refractivity contribution in [2.75, 3.05) is 46.2 Å². The second kappa shape index (κ2) is 12.8. The van der Waals surface area contributed by atoms with E-state index in [-0.39, 0.29) is 37.1 Å². The molecule has 9 heteroatoms. The molecule has 0 N–H and O–H groups in total. The van der Waals surface area contributed by atoms with Crippen LogP contribution in [0.4, 0.5) is 0 Å². The van der Waals surface area contributed by atoms with Crippen molar-refractivity contribution in [3.8, 4) is 0 Å². The number of carbonyl (C=O) groups excluding carboxylic acids is 1. The van der Waals surface area contributed by atoms with Gasteiger partial charge in [-0.05, 0) is 32.9 Å². The lowest BCUT2D eigenvalue weighted by Crippen LogP contribution is -2.24. The molecule has 0 saturated heterocycles. The molecule has 1 rings (SSSR count). The molecule has 28 heavy (non-hydrogen) atoms. The fourth-order valence-corrected chi connectivity index (χ4v) is 2.86. The molecule has 0 aliphatic rings. The largest absolute Gasteiger partial charge is 0.460 e. The maximum Gasteiger partial charge on any atom is 0.308 e. The smallest absolute Gasteiger partial charge is 0.308 e. The van der Waals surface area contributed by atoms with Crippen LogP contribution in [0.25, 0.3) is 0 Å². The Morgan fingerprint density at radius 3 is 1.86 bits per heavy atom. The fraction of sp³-hybridized carbons (Fsp3) is 0.632. The predicted octanol–water partition coefficient (Wildman–Crippen LogP) is 2.17. The lowest BCUT2D eigenvalue weighted by Gasteiger charge is -2.19. The van der Waals surface area contributed by atoms with E-state index in [0.717, 1.165) is 0 Å². The number of ether oxygens (including phenoxy) is 4. The summed E-state index contributed by atoms with van der Waals surface area (Å²) in [6.07, 6.45) is 0.201. The zero-order valence-electron chi connectivity index (χ0n) is 16.7. The Labute approximate surface area is 167 Å². The predicted molar refractivity (Wildman–Crippen MR) is 102 cm³/mol. The van der Waals surface area contributed by atoms with Crippen molar-refractivity contribution >= 4 is 16.1 Å². The zero-order chi connectivity index (χ0) is 20.9. The molecule has 0 spiro atoms. The minimum Gasteiger partial charge on any atom is -0.460 e. The molecule has 0 saturated carbocycles. The summed E-state index contributed by atoms with van der Waals surface area (Å²) in [6, 6.07) is 7.93. The van der Waals surface area contributed by atoms with E-state index < -0.39 is 15.7 Å². The van der Waals surface area contributed by atoms with Gasteiger partial charge in [-0.3, -0.25) is 8.98 Å². The van der Waals surface area contributed by atoms with E-state index in [4.69, 9.17) is 23.1 Å². The van der Waals surface area contributed by atoms with E-state index in [1.165, 1.54) is 12.1 Å². The molecule has 0 atom stereocenters. The van der Waals surface area contributed by atoms with Gasteiger partial charge >= 0.3 is 5.97 Å². The third kappa shape index (κ3) is 12.0. The van der Waals surface area contributed by atoms with Gasteiger partial charge in [-0.1, -0.05) is 18.2 Å². The molecule has 0 fully saturated rings. The summed E-state index contributed by atoms with van der Waals surface area (Å²) in [5.74, 6) is -0.293. The Balaban J connectivity index is 1.93. The maximum absolute atomic E-state index is 11.9. The summed E-state index contributed by atoms with van der Waals surface area (Å²) in [4.78, 5) is 11.6. The van der Waals surface area contributed by atoms with Gasteiger partial charge < -0.3 is 18.9 Å². The summed E-state index contributed by atoms with van der Waals surface area (Å²) in [6.45, 7) is 7.20. The highest BCUT2D eigenvalue weighted by Gasteiger charge is 2.15. The van der Waals surface area contributed by atoms with Gasteiger partial charge in [0, 0.05) is 0 Å². The molecular formula is C19H30O8S. The molecule has 0 bridgehead atoms. The molecule has 0 aliphatic heterocycles. The van der Waals surface area contributed by atoms with Crippen molar-refractivity contribution in [2.45, 2.75) is 37.7 Å². The van der Waals surface area contributed by atoms with Gasteiger partial charge in [-0.2, -0.15) is 8.42 Å². The molecule has 1 aromatic carbocycles. The number of carbonyl (C=O) groups is 1. The minimum atomic E-state index is -3.75. The highest BCUT2D eigenvalue weighted by molar-refractivity contribution is 7.86. The molecule has 1 aromatic rings. The average Bonchev–Trinajstić information content (AvgIpc) is 2.62. The minimum absolute atomic E-state index is 0.0645. The van der Waals surface area contributed by atoms with Gasteiger partial charge in [-0.25, -0.2) is 0 Å². The lowest BCUT2D eigenvalue weighted by molar-refractivity contribution is -0.156. The van der Waals surface area contributed by atoms with Gasteiger partial charge in [0.2, 0.25) is 0 Å². The van der Waals surface area contributed by atoms with Crippen LogP contribution in [0.1, 0.15) is 27.2 Å². The summed E-state index contributed by atoms with van der Waals surface area (Å²) < 4.78 is 49.6. The normalized spacial score (nSPS) is 12.1. The molecule has 0 aliphatic carbocycles. The molecule has 0 amide bonds. The second-order valence-corrected chi connectivity index (χ2v) is 8.38. The summed E-state index contributed by atoms with van der Waals surface area (Å²) in [5, 5.41) is 0. The lowest BCUT2D eigenvalue weighted by atomic mass is 10.2. The number of hydrogen-bond acceptors (Lipinski definition) is 8. The van der Waals surface area contributed by atoms with Crippen molar-refractivity contribution in [3.63, 3.8) is 0 Å². The molecule has 8 nitrogen and oxygen atoms in total. The third-order valence-corrected chi connectivity index (χ3v) is 4.44. The Hall–Kier alpha value is -1.52. The monoisotopic (exact) mass is 418 g/mol. The van der Waals surface area contributed by atoms with E-state index in [9.17, 15) is 13.2 Å². The number of esters is 1. The van der Waals surface area contributed by atoms with Crippen LogP contribution in [0.3, 0.4) is 0 Å². The Kier molecular flexibility index (Phi) is 11.2.